The van der Waals surface area contributed by atoms with E-state index in [0.717, 1.165) is 121 Å². The van der Waals surface area contributed by atoms with Crippen molar-refractivity contribution in [3.63, 3.8) is 0 Å². The van der Waals surface area contributed by atoms with Crippen LogP contribution in [0.15, 0.2) is 184 Å². The van der Waals surface area contributed by atoms with Crippen molar-refractivity contribution in [3.8, 4) is 114 Å². The second-order valence-electron chi connectivity index (χ2n) is 32.3. The van der Waals surface area contributed by atoms with Crippen LogP contribution in [-0.4, -0.2) is 154 Å². The van der Waals surface area contributed by atoms with Gasteiger partial charge in [-0.3, -0.25) is 73.9 Å². The minimum atomic E-state index is -0.709. The number of rotatable bonds is 11. The first-order valence-corrected chi connectivity index (χ1v) is 43.1. The molecule has 1 aliphatic carbocycles. The summed E-state index contributed by atoms with van der Waals surface area (Å²) in [6, 6.07) is 31.6. The molecule has 10 aromatic rings. The number of carbonyl (C=O) groups excluding carboxylic acids is 5. The lowest BCUT2D eigenvalue weighted by Gasteiger charge is -2.41. The van der Waals surface area contributed by atoms with Crippen molar-refractivity contribution in [2.24, 2.45) is 66.6 Å². The fourth-order valence-electron chi connectivity index (χ4n) is 15.3. The lowest BCUT2D eigenvalue weighted by atomic mass is 9.75. The van der Waals surface area contributed by atoms with Crippen LogP contribution in [0.25, 0.3) is 54.8 Å². The highest BCUT2D eigenvalue weighted by atomic mass is 32.1. The molecule has 2 fully saturated rings. The molecule has 6 aliphatic rings. The number of terminal acetylenes is 1. The van der Waals surface area contributed by atoms with Crippen molar-refractivity contribution in [1.82, 2.24) is 59.4 Å². The monoisotopic (exact) mass is 1730 g/mol. The number of carbonyl (C=O) groups is 5. The van der Waals surface area contributed by atoms with Crippen LogP contribution < -0.4 is 22.9 Å². The maximum absolute atomic E-state index is 13.0. The number of aliphatic imine (C=N–C) groups is 4. The van der Waals surface area contributed by atoms with Gasteiger partial charge in [0.25, 0.3) is 0 Å². The topological polar surface area (TPSA) is 369 Å². The number of hydrogen-bond donors (Lipinski definition) is 5. The Bertz CT molecular complexity index is 6230. The Morgan fingerprint density at radius 3 is 1.34 bits per heavy atom. The summed E-state index contributed by atoms with van der Waals surface area (Å²) >= 11 is 4.69. The highest BCUT2D eigenvalue weighted by Crippen LogP contribution is 2.51. The van der Waals surface area contributed by atoms with E-state index in [1.165, 1.54) is 47.2 Å². The molecule has 0 bridgehead atoms. The molecule has 1 saturated heterocycles. The second kappa shape index (κ2) is 37.9. The zero-order valence-electron chi connectivity index (χ0n) is 73.2. The number of nitrogens with one attached hydrogen (secondary N) is 1. The molecule has 8 atom stereocenters. The predicted octanol–water partition coefficient (Wildman–Crippen LogP) is 13.4. The molecule has 1 unspecified atom stereocenters. The number of thiazole rings is 2. The number of hydrogen-bond acceptors (Lipinski definition) is 24. The summed E-state index contributed by atoms with van der Waals surface area (Å²) in [5, 5.41) is 11.8. The normalized spacial score (nSPS) is 22.4. The van der Waals surface area contributed by atoms with E-state index in [2.05, 4.69) is 122 Å². The zero-order valence-corrected chi connectivity index (χ0v) is 75.7. The summed E-state index contributed by atoms with van der Waals surface area (Å²) in [5.74, 6) is 27.0. The molecule has 0 spiro atoms. The van der Waals surface area contributed by atoms with Gasteiger partial charge < -0.3 is 27.8 Å². The Morgan fingerprint density at radius 1 is 0.437 bits per heavy atom. The van der Waals surface area contributed by atoms with Crippen molar-refractivity contribution in [2.75, 3.05) is 35.2 Å². The number of amides is 5. The van der Waals surface area contributed by atoms with E-state index in [4.69, 9.17) is 39.8 Å². The number of aromatic nitrogens is 7. The number of piperidine rings is 1. The van der Waals surface area contributed by atoms with Crippen LogP contribution in [-0.2, 0) is 51.5 Å². The van der Waals surface area contributed by atoms with Gasteiger partial charge in [-0.25, -0.2) is 29.9 Å². The summed E-state index contributed by atoms with van der Waals surface area (Å²) in [6.45, 7) is 20.8. The Labute approximate surface area is 747 Å². The van der Waals surface area contributed by atoms with Crippen LogP contribution in [0.2, 0.25) is 0 Å². The Morgan fingerprint density at radius 2 is 0.865 bits per heavy atom. The van der Waals surface area contributed by atoms with E-state index < -0.39 is 22.2 Å². The molecule has 2 aromatic carbocycles. The fourth-order valence-corrected chi connectivity index (χ4v) is 18.5. The largest absolute Gasteiger partial charge is 0.369 e. The van der Waals surface area contributed by atoms with E-state index in [1.807, 2.05) is 146 Å². The van der Waals surface area contributed by atoms with E-state index in [-0.39, 0.29) is 83.0 Å². The summed E-state index contributed by atoms with van der Waals surface area (Å²) in [4.78, 5) is 121. The van der Waals surface area contributed by atoms with E-state index in [9.17, 15) is 24.0 Å². The quantitative estimate of drug-likeness (QED) is 0.0751. The number of guanidine groups is 4. The standard InChI is InChI=1S/C22H23N5O.C19H19N5O.2C19H20N4OS.C18H17N3OS/c1-4-5-14-10-16(13-24-12-14)18-11-17(8-9-25-18)22(2)19(15-6-7-15)20(28)27(3)21(23)26-22;1-4-5-13-8-14(12-21-11-13)16-9-15(6-7-22-16)19(2)10-17(25)24(3)18(20)23-19;2*1-5-7-13-8-6-9-14(10-13)16-21-11-15(25-16)19(3)12(2)17(24)23(4)18(20)22-19;1-4-12-5-13(10-20-9-12)14-6-15(23-11-14)18(2)7-16(19)21(3)17(22)8-18/h8-13,15,19H,6-7H2,1-3H3,(H2,23,26);6-9,11-12H,10H2,1-3H3,(H2,20,23);2*6,8-12H,1-4H3,(H2,20,22);1,5-6,9-11,19H,7-8H2,2-3H3/t19-,22+;19-;12?,19-;12-,19-;18-/m00000/s1. The number of likely N-dealkylation sites (tertiary alicyclic amines) is 1. The number of benzene rings is 2. The summed E-state index contributed by atoms with van der Waals surface area (Å²) in [7, 11) is 8.29. The molecular formula is C97H99N21O5S3. The van der Waals surface area contributed by atoms with Crippen molar-refractivity contribution >= 4 is 93.2 Å². The van der Waals surface area contributed by atoms with Gasteiger partial charge in [0.05, 0.1) is 56.4 Å². The van der Waals surface area contributed by atoms with Gasteiger partial charge in [0, 0.05) is 176 Å². The molecule has 126 heavy (non-hydrogen) atoms. The Kier molecular flexibility index (Phi) is 27.4. The molecule has 1 saturated carbocycles. The van der Waals surface area contributed by atoms with Crippen molar-refractivity contribution in [1.29, 1.82) is 5.41 Å². The first-order chi connectivity index (χ1) is 60.0. The molecule has 8 aromatic heterocycles. The smallest absolute Gasteiger partial charge is 0.235 e. The summed E-state index contributed by atoms with van der Waals surface area (Å²) < 4.78 is 0. The number of nitrogens with two attached hydrogens (primary N) is 4. The van der Waals surface area contributed by atoms with E-state index >= 15 is 0 Å². The van der Waals surface area contributed by atoms with Gasteiger partial charge in [0.15, 0.2) is 23.8 Å². The predicted molar refractivity (Wildman–Crippen MR) is 499 cm³/mol. The Hall–Kier alpha value is -14.2. The van der Waals surface area contributed by atoms with Gasteiger partial charge in [-0.2, -0.15) is 0 Å². The zero-order chi connectivity index (χ0) is 90.9. The first kappa shape index (κ1) is 91.1. The molecule has 16 rings (SSSR count). The van der Waals surface area contributed by atoms with Crippen molar-refractivity contribution in [2.45, 2.75) is 136 Å². The lowest BCUT2D eigenvalue weighted by Crippen LogP contribution is -2.54. The van der Waals surface area contributed by atoms with Crippen LogP contribution in [0, 0.1) is 88.8 Å². The van der Waals surface area contributed by atoms with Gasteiger partial charge >= 0.3 is 0 Å². The van der Waals surface area contributed by atoms with Gasteiger partial charge in [-0.05, 0) is 169 Å². The molecular weight excluding hydrogens is 1640 g/mol. The minimum absolute atomic E-state index is 0.00491. The van der Waals surface area contributed by atoms with Crippen LogP contribution >= 0.6 is 34.0 Å². The average Bonchev–Trinajstić information content (AvgIpc) is 1.44. The molecule has 29 heteroatoms. The van der Waals surface area contributed by atoms with Gasteiger partial charge in [0.1, 0.15) is 26.9 Å². The lowest BCUT2D eigenvalue weighted by molar-refractivity contribution is -0.135. The van der Waals surface area contributed by atoms with Crippen LogP contribution in [0.4, 0.5) is 0 Å². The molecule has 640 valence electrons. The van der Waals surface area contributed by atoms with E-state index in [1.54, 1.807) is 122 Å². The number of thiophene rings is 1. The fraction of sp³-hybridized carbons (Fsp3) is 0.309. The SMILES string of the molecule is C#Cc1cncc(-c2csc([C@@]3(C)CC(=N)N(C)C(=O)C3)c2)c1.CC#Cc1cccc(-c2ncc([C@@]3(C)N=C(N)N(C)C(=O)C3C)s2)c1.CC#Cc1cccc(-c2ncc([C@@]3(C)N=C(N)N(C)C(=O)[C@@H]3C)s2)c1.CC#Cc1cncc(-c2cc([C@@]3(C)N=C(N)N(C)C(=O)[C@@H]3C3CC3)ccn2)c1.CC#Cc1cncc(-c2cc([C@]3(C)CC(=O)N(C)C(N)=N3)ccn2)c1. The highest BCUT2D eigenvalue weighted by Gasteiger charge is 2.54. The van der Waals surface area contributed by atoms with Gasteiger partial charge in [-0.1, -0.05) is 74.6 Å². The molecule has 0 radical (unpaired) electrons. The second-order valence-corrected chi connectivity index (χ2v) is 35.3. The average molecular weight is 1740 g/mol. The van der Waals surface area contributed by atoms with Gasteiger partial charge in [-0.15, -0.1) is 64.1 Å². The van der Waals surface area contributed by atoms with Crippen molar-refractivity contribution in [3.05, 3.63) is 218 Å². The highest BCUT2D eigenvalue weighted by molar-refractivity contribution is 7.15. The number of pyridine rings is 5. The Balaban J connectivity index is 0.000000143. The molecule has 5 amide bonds. The third-order valence-electron chi connectivity index (χ3n) is 23.4. The third-order valence-corrected chi connectivity index (χ3v) is 27.2. The van der Waals surface area contributed by atoms with Crippen LogP contribution in [0.5, 0.6) is 0 Å². The molecule has 13 heterocycles. The minimum Gasteiger partial charge on any atom is -0.369 e. The molecule has 5 aliphatic heterocycles. The first-order valence-electron chi connectivity index (χ1n) is 40.6. The molecule has 9 N–H and O–H groups in total. The maximum atomic E-state index is 13.0. The van der Waals surface area contributed by atoms with Gasteiger partial charge in [0.2, 0.25) is 29.5 Å². The number of amidine groups is 1. The maximum Gasteiger partial charge on any atom is 0.235 e. The summed E-state index contributed by atoms with van der Waals surface area (Å²) in [6.07, 6.45) is 26.2. The van der Waals surface area contributed by atoms with Crippen LogP contribution in [0.1, 0.15) is 162 Å². The van der Waals surface area contributed by atoms with Crippen molar-refractivity contribution < 1.29 is 24.0 Å². The number of nitrogens with zero attached hydrogens (tertiary/aromatic N) is 16. The summed E-state index contributed by atoms with van der Waals surface area (Å²) in [5.41, 5.74) is 34.2. The van der Waals surface area contributed by atoms with Crippen LogP contribution in [0.3, 0.4) is 0 Å². The molecule has 26 nitrogen and oxygen atoms in total. The third kappa shape index (κ3) is 19.4. The van der Waals surface area contributed by atoms with E-state index in [0.29, 0.717) is 24.6 Å².